The lowest BCUT2D eigenvalue weighted by molar-refractivity contribution is -0.114. The molecule has 1 aromatic heterocycles. The van der Waals surface area contributed by atoms with Crippen LogP contribution in [0.4, 0.5) is 5.13 Å². The van der Waals surface area contributed by atoms with Gasteiger partial charge in [0, 0.05) is 37.0 Å². The first-order chi connectivity index (χ1) is 10.1. The standard InChI is InChI=1S/C15H24N4OS/c1-3-19(14-6-11-4-5-12(7-14)17-11)8-13-9-21-15(18-13)16-10(2)20/h9,11-12,14,17H,3-8H2,1-2H3,(H,16,18,20). The van der Waals surface area contributed by atoms with Gasteiger partial charge in [0.15, 0.2) is 5.13 Å². The number of anilines is 1. The van der Waals surface area contributed by atoms with Crippen LogP contribution >= 0.6 is 11.3 Å². The van der Waals surface area contributed by atoms with E-state index in [0.717, 1.165) is 18.8 Å². The molecule has 2 fully saturated rings. The van der Waals surface area contributed by atoms with Crippen molar-refractivity contribution in [1.29, 1.82) is 0 Å². The Labute approximate surface area is 130 Å². The van der Waals surface area contributed by atoms with Crippen LogP contribution in [0.25, 0.3) is 0 Å². The molecule has 0 radical (unpaired) electrons. The molecule has 0 aliphatic carbocycles. The fourth-order valence-corrected chi connectivity index (χ4v) is 4.37. The average molecular weight is 308 g/mol. The molecule has 3 heterocycles. The molecule has 2 atom stereocenters. The van der Waals surface area contributed by atoms with Gasteiger partial charge in [-0.15, -0.1) is 11.3 Å². The third-order valence-electron chi connectivity index (χ3n) is 4.57. The van der Waals surface area contributed by atoms with Crippen LogP contribution in [0.3, 0.4) is 0 Å². The summed E-state index contributed by atoms with van der Waals surface area (Å²) in [5.74, 6) is -0.0572. The van der Waals surface area contributed by atoms with Gasteiger partial charge in [0.05, 0.1) is 5.69 Å². The molecule has 2 N–H and O–H groups in total. The van der Waals surface area contributed by atoms with Crippen molar-refractivity contribution in [2.24, 2.45) is 0 Å². The van der Waals surface area contributed by atoms with E-state index in [0.29, 0.717) is 23.3 Å². The van der Waals surface area contributed by atoms with E-state index in [1.807, 2.05) is 0 Å². The highest BCUT2D eigenvalue weighted by molar-refractivity contribution is 7.13. The second-order valence-electron chi connectivity index (χ2n) is 6.15. The van der Waals surface area contributed by atoms with E-state index in [2.05, 4.69) is 32.8 Å². The highest BCUT2D eigenvalue weighted by Gasteiger charge is 2.35. The first-order valence-electron chi connectivity index (χ1n) is 7.86. The van der Waals surface area contributed by atoms with Crippen LogP contribution in [0.15, 0.2) is 5.38 Å². The lowest BCUT2D eigenvalue weighted by Crippen LogP contribution is -2.47. The SMILES string of the molecule is CCN(Cc1csc(NC(C)=O)n1)C1CC2CCC(C1)N2. The quantitative estimate of drug-likeness (QED) is 0.875. The Morgan fingerprint density at radius 1 is 1.48 bits per heavy atom. The number of hydrogen-bond donors (Lipinski definition) is 2. The van der Waals surface area contributed by atoms with Crippen LogP contribution in [0.2, 0.25) is 0 Å². The minimum atomic E-state index is -0.0572. The Kier molecular flexibility index (Phi) is 4.57. The molecule has 6 heteroatoms. The topological polar surface area (TPSA) is 57.3 Å². The van der Waals surface area contributed by atoms with Crippen LogP contribution in [-0.4, -0.2) is 40.5 Å². The first kappa shape index (κ1) is 14.9. The summed E-state index contributed by atoms with van der Waals surface area (Å²) in [5.41, 5.74) is 1.07. The predicted octanol–water partition coefficient (Wildman–Crippen LogP) is 2.21. The number of nitrogens with zero attached hydrogens (tertiary/aromatic N) is 2. The van der Waals surface area contributed by atoms with Gasteiger partial charge in [-0.05, 0) is 32.2 Å². The van der Waals surface area contributed by atoms with E-state index in [1.165, 1.54) is 43.9 Å². The molecule has 2 aliphatic heterocycles. The molecule has 0 saturated carbocycles. The van der Waals surface area contributed by atoms with E-state index < -0.39 is 0 Å². The molecule has 2 saturated heterocycles. The second-order valence-corrected chi connectivity index (χ2v) is 7.01. The number of nitrogens with one attached hydrogen (secondary N) is 2. The lowest BCUT2D eigenvalue weighted by Gasteiger charge is -2.37. The molecule has 0 aromatic carbocycles. The van der Waals surface area contributed by atoms with Gasteiger partial charge in [-0.2, -0.15) is 0 Å². The second kappa shape index (κ2) is 6.42. The van der Waals surface area contributed by atoms with Crippen LogP contribution in [0, 0.1) is 0 Å². The minimum Gasteiger partial charge on any atom is -0.311 e. The number of fused-ring (bicyclic) bond motifs is 2. The van der Waals surface area contributed by atoms with Gasteiger partial charge in [0.25, 0.3) is 0 Å². The van der Waals surface area contributed by atoms with Crippen molar-refractivity contribution >= 4 is 22.4 Å². The molecule has 1 amide bonds. The summed E-state index contributed by atoms with van der Waals surface area (Å²) in [4.78, 5) is 18.1. The monoisotopic (exact) mass is 308 g/mol. The van der Waals surface area contributed by atoms with E-state index >= 15 is 0 Å². The molecule has 1 aromatic rings. The van der Waals surface area contributed by atoms with Gasteiger partial charge in [-0.1, -0.05) is 6.92 Å². The van der Waals surface area contributed by atoms with Crippen LogP contribution in [0.1, 0.15) is 45.2 Å². The summed E-state index contributed by atoms with van der Waals surface area (Å²) < 4.78 is 0. The number of piperidine rings is 1. The van der Waals surface area contributed by atoms with Crippen molar-refractivity contribution in [1.82, 2.24) is 15.2 Å². The van der Waals surface area contributed by atoms with E-state index in [4.69, 9.17) is 0 Å². The fourth-order valence-electron chi connectivity index (χ4n) is 3.62. The Balaban J connectivity index is 1.61. The fraction of sp³-hybridized carbons (Fsp3) is 0.733. The number of carbonyl (C=O) groups is 1. The van der Waals surface area contributed by atoms with Crippen molar-refractivity contribution in [2.45, 2.75) is 64.2 Å². The van der Waals surface area contributed by atoms with Gasteiger partial charge in [0.1, 0.15) is 0 Å². The molecule has 21 heavy (non-hydrogen) atoms. The van der Waals surface area contributed by atoms with Crippen molar-refractivity contribution in [2.75, 3.05) is 11.9 Å². The zero-order valence-corrected chi connectivity index (χ0v) is 13.6. The number of aromatic nitrogens is 1. The maximum atomic E-state index is 11.1. The highest BCUT2D eigenvalue weighted by atomic mass is 32.1. The van der Waals surface area contributed by atoms with Gasteiger partial charge < -0.3 is 10.6 Å². The summed E-state index contributed by atoms with van der Waals surface area (Å²) in [6, 6.07) is 2.10. The normalized spacial score (nSPS) is 28.0. The Morgan fingerprint density at radius 2 is 2.19 bits per heavy atom. The molecule has 116 valence electrons. The van der Waals surface area contributed by atoms with Crippen molar-refractivity contribution < 1.29 is 4.79 Å². The summed E-state index contributed by atoms with van der Waals surface area (Å²) in [5, 5.41) is 9.23. The van der Waals surface area contributed by atoms with Gasteiger partial charge in [-0.25, -0.2) is 4.98 Å². The zero-order valence-electron chi connectivity index (χ0n) is 12.8. The molecular weight excluding hydrogens is 284 g/mol. The summed E-state index contributed by atoms with van der Waals surface area (Å²) in [6.45, 7) is 5.68. The Hall–Kier alpha value is -0.980. The summed E-state index contributed by atoms with van der Waals surface area (Å²) in [7, 11) is 0. The third kappa shape index (κ3) is 3.62. The van der Waals surface area contributed by atoms with Crippen molar-refractivity contribution in [3.63, 3.8) is 0 Å². The van der Waals surface area contributed by atoms with Gasteiger partial charge in [0.2, 0.25) is 5.91 Å². The van der Waals surface area contributed by atoms with E-state index in [1.54, 1.807) is 0 Å². The minimum absolute atomic E-state index is 0.0572. The largest absolute Gasteiger partial charge is 0.311 e. The van der Waals surface area contributed by atoms with E-state index in [9.17, 15) is 4.79 Å². The number of rotatable bonds is 5. The molecule has 2 bridgehead atoms. The zero-order chi connectivity index (χ0) is 14.8. The Bertz CT molecular complexity index is 492. The van der Waals surface area contributed by atoms with Crippen molar-refractivity contribution in [3.05, 3.63) is 11.1 Å². The Morgan fingerprint density at radius 3 is 2.81 bits per heavy atom. The average Bonchev–Trinajstić information content (AvgIpc) is 3.02. The van der Waals surface area contributed by atoms with Gasteiger partial charge in [-0.3, -0.25) is 9.69 Å². The van der Waals surface area contributed by atoms with Crippen molar-refractivity contribution in [3.8, 4) is 0 Å². The molecule has 0 spiro atoms. The number of thiazole rings is 1. The highest BCUT2D eigenvalue weighted by Crippen LogP contribution is 2.30. The number of amides is 1. The first-order valence-corrected chi connectivity index (χ1v) is 8.74. The molecule has 2 aliphatic rings. The lowest BCUT2D eigenvalue weighted by atomic mass is 9.98. The van der Waals surface area contributed by atoms with Crippen LogP contribution < -0.4 is 10.6 Å². The third-order valence-corrected chi connectivity index (χ3v) is 5.38. The van der Waals surface area contributed by atoms with E-state index in [-0.39, 0.29) is 5.91 Å². The molecular formula is C15H24N4OS. The molecule has 2 unspecified atom stereocenters. The smallest absolute Gasteiger partial charge is 0.223 e. The number of carbonyl (C=O) groups excluding carboxylic acids is 1. The van der Waals surface area contributed by atoms with Crippen LogP contribution in [-0.2, 0) is 11.3 Å². The maximum absolute atomic E-state index is 11.1. The summed E-state index contributed by atoms with van der Waals surface area (Å²) >= 11 is 1.51. The maximum Gasteiger partial charge on any atom is 0.223 e. The molecule has 3 rings (SSSR count). The predicted molar refractivity (Wildman–Crippen MR) is 85.5 cm³/mol. The van der Waals surface area contributed by atoms with Gasteiger partial charge >= 0.3 is 0 Å². The number of hydrogen-bond acceptors (Lipinski definition) is 5. The molecule has 5 nitrogen and oxygen atoms in total. The van der Waals surface area contributed by atoms with Crippen LogP contribution in [0.5, 0.6) is 0 Å². The summed E-state index contributed by atoms with van der Waals surface area (Å²) in [6.07, 6.45) is 5.18.